The summed E-state index contributed by atoms with van der Waals surface area (Å²) in [6.07, 6.45) is 3.51. The normalized spacial score (nSPS) is 15.8. The Kier molecular flexibility index (Phi) is 9.56. The van der Waals surface area contributed by atoms with Crippen LogP contribution in [0.3, 0.4) is 0 Å². The van der Waals surface area contributed by atoms with Crippen molar-refractivity contribution in [3.8, 4) is 5.75 Å². The van der Waals surface area contributed by atoms with Gasteiger partial charge in [-0.25, -0.2) is 0 Å². The van der Waals surface area contributed by atoms with E-state index in [1.165, 1.54) is 19.3 Å². The van der Waals surface area contributed by atoms with E-state index in [0.29, 0.717) is 25.8 Å². The number of nitrogens with one attached hydrogen (secondary N) is 1. The van der Waals surface area contributed by atoms with Crippen LogP contribution in [0.25, 0.3) is 0 Å². The van der Waals surface area contributed by atoms with Crippen molar-refractivity contribution in [2.45, 2.75) is 51.9 Å². The molecule has 0 saturated heterocycles. The monoisotopic (exact) mass is 343 g/mol. The molecule has 1 saturated carbocycles. The minimum Gasteiger partial charge on any atom is -0.491 e. The van der Waals surface area contributed by atoms with E-state index >= 15 is 0 Å². The molecular formula is C18H30ClNO3. The van der Waals surface area contributed by atoms with Crippen LogP contribution >= 0.6 is 12.4 Å². The first-order chi connectivity index (χ1) is 10.6. The molecular weight excluding hydrogens is 314 g/mol. The third kappa shape index (κ3) is 8.02. The lowest BCUT2D eigenvalue weighted by Crippen LogP contribution is -2.35. The molecule has 2 rings (SSSR count). The van der Waals surface area contributed by atoms with E-state index in [2.05, 4.69) is 19.2 Å². The molecule has 1 aliphatic carbocycles. The predicted molar refractivity (Wildman–Crippen MR) is 95.3 cm³/mol. The highest BCUT2D eigenvalue weighted by Crippen LogP contribution is 2.26. The molecule has 0 bridgehead atoms. The molecule has 1 aromatic carbocycles. The van der Waals surface area contributed by atoms with Gasteiger partial charge in [-0.2, -0.15) is 0 Å². The third-order valence-corrected chi connectivity index (χ3v) is 3.97. The molecule has 0 aliphatic heterocycles. The SMILES string of the molecule is CC(C)NCC(O)COc1ccc(COCC2CCC2)cc1.Cl. The Morgan fingerprint density at radius 3 is 2.48 bits per heavy atom. The quantitative estimate of drug-likeness (QED) is 0.685. The number of hydrogen-bond donors (Lipinski definition) is 2. The van der Waals surface area contributed by atoms with Crippen LogP contribution in [0.5, 0.6) is 5.75 Å². The summed E-state index contributed by atoms with van der Waals surface area (Å²) >= 11 is 0. The molecule has 1 aromatic rings. The molecule has 4 nitrogen and oxygen atoms in total. The van der Waals surface area contributed by atoms with Crippen LogP contribution in [0.2, 0.25) is 0 Å². The fraction of sp³-hybridized carbons (Fsp3) is 0.667. The molecule has 0 aromatic heterocycles. The summed E-state index contributed by atoms with van der Waals surface area (Å²) in [5.74, 6) is 1.56. The number of rotatable bonds is 10. The zero-order valence-electron chi connectivity index (χ0n) is 14.2. The van der Waals surface area contributed by atoms with Gasteiger partial charge in [0.05, 0.1) is 6.61 Å². The average molecular weight is 344 g/mol. The zero-order valence-corrected chi connectivity index (χ0v) is 15.0. The van der Waals surface area contributed by atoms with Crippen LogP contribution < -0.4 is 10.1 Å². The van der Waals surface area contributed by atoms with Gasteiger partial charge >= 0.3 is 0 Å². The first-order valence-electron chi connectivity index (χ1n) is 8.34. The molecule has 0 radical (unpaired) electrons. The predicted octanol–water partition coefficient (Wildman–Crippen LogP) is 3.16. The maximum Gasteiger partial charge on any atom is 0.119 e. The molecule has 132 valence electrons. The van der Waals surface area contributed by atoms with Crippen molar-refractivity contribution < 1.29 is 14.6 Å². The summed E-state index contributed by atoms with van der Waals surface area (Å²) < 4.78 is 11.3. The number of aliphatic hydroxyl groups is 1. The Hall–Kier alpha value is -0.810. The highest BCUT2D eigenvalue weighted by atomic mass is 35.5. The van der Waals surface area contributed by atoms with Crippen molar-refractivity contribution in [2.24, 2.45) is 5.92 Å². The minimum absolute atomic E-state index is 0. The van der Waals surface area contributed by atoms with E-state index in [4.69, 9.17) is 9.47 Å². The largest absolute Gasteiger partial charge is 0.491 e. The molecule has 0 amide bonds. The lowest BCUT2D eigenvalue weighted by molar-refractivity contribution is 0.0596. The van der Waals surface area contributed by atoms with Crippen LogP contribution in [-0.2, 0) is 11.3 Å². The molecule has 23 heavy (non-hydrogen) atoms. The van der Waals surface area contributed by atoms with Crippen molar-refractivity contribution in [3.05, 3.63) is 29.8 Å². The lowest BCUT2D eigenvalue weighted by Gasteiger charge is -2.24. The minimum atomic E-state index is -0.493. The molecule has 1 aliphatic rings. The second-order valence-corrected chi connectivity index (χ2v) is 6.48. The number of halogens is 1. The topological polar surface area (TPSA) is 50.7 Å². The number of aliphatic hydroxyl groups excluding tert-OH is 1. The fourth-order valence-corrected chi connectivity index (χ4v) is 2.31. The standard InChI is InChI=1S/C18H29NO3.ClH/c1-14(2)19-10-17(20)13-22-18-8-6-16(7-9-18)12-21-11-15-4-3-5-15;/h6-9,14-15,17,19-20H,3-5,10-13H2,1-2H3;1H. The third-order valence-electron chi connectivity index (χ3n) is 3.97. The van der Waals surface area contributed by atoms with E-state index in [1.807, 2.05) is 24.3 Å². The first-order valence-corrected chi connectivity index (χ1v) is 8.34. The maximum atomic E-state index is 9.80. The van der Waals surface area contributed by atoms with E-state index in [9.17, 15) is 5.11 Å². The Bertz CT molecular complexity index is 421. The fourth-order valence-electron chi connectivity index (χ4n) is 2.31. The second kappa shape index (κ2) is 10.9. The smallest absolute Gasteiger partial charge is 0.119 e. The Morgan fingerprint density at radius 1 is 1.22 bits per heavy atom. The highest BCUT2D eigenvalue weighted by molar-refractivity contribution is 5.85. The number of hydrogen-bond acceptors (Lipinski definition) is 4. The van der Waals surface area contributed by atoms with Crippen molar-refractivity contribution >= 4 is 12.4 Å². The summed E-state index contributed by atoms with van der Waals surface area (Å²) in [7, 11) is 0. The summed E-state index contributed by atoms with van der Waals surface area (Å²) in [4.78, 5) is 0. The summed E-state index contributed by atoms with van der Waals surface area (Å²) in [5.41, 5.74) is 1.16. The van der Waals surface area contributed by atoms with Crippen LogP contribution in [-0.4, -0.2) is 37.0 Å². The summed E-state index contributed by atoms with van der Waals surface area (Å²) in [6, 6.07) is 8.28. The van der Waals surface area contributed by atoms with Crippen molar-refractivity contribution in [3.63, 3.8) is 0 Å². The van der Waals surface area contributed by atoms with Gasteiger partial charge in [0.2, 0.25) is 0 Å². The van der Waals surface area contributed by atoms with Gasteiger partial charge in [0.15, 0.2) is 0 Å². The van der Waals surface area contributed by atoms with Gasteiger partial charge < -0.3 is 19.9 Å². The number of ether oxygens (including phenoxy) is 2. The average Bonchev–Trinajstić information content (AvgIpc) is 2.46. The van der Waals surface area contributed by atoms with Crippen molar-refractivity contribution in [2.75, 3.05) is 19.8 Å². The van der Waals surface area contributed by atoms with Gasteiger partial charge in [-0.15, -0.1) is 12.4 Å². The molecule has 1 fully saturated rings. The molecule has 0 heterocycles. The van der Waals surface area contributed by atoms with Crippen LogP contribution in [0.15, 0.2) is 24.3 Å². The lowest BCUT2D eigenvalue weighted by atomic mass is 9.86. The van der Waals surface area contributed by atoms with Gasteiger partial charge in [0.25, 0.3) is 0 Å². The van der Waals surface area contributed by atoms with Gasteiger partial charge in [0.1, 0.15) is 18.5 Å². The molecule has 1 atom stereocenters. The van der Waals surface area contributed by atoms with Crippen LogP contribution in [0.4, 0.5) is 0 Å². The van der Waals surface area contributed by atoms with Gasteiger partial charge in [-0.05, 0) is 36.5 Å². The Balaban J connectivity index is 0.00000264. The summed E-state index contributed by atoms with van der Waals surface area (Å²) in [5, 5.41) is 13.0. The summed E-state index contributed by atoms with van der Waals surface area (Å²) in [6.45, 7) is 6.51. The molecule has 5 heteroatoms. The molecule has 2 N–H and O–H groups in total. The Labute approximate surface area is 146 Å². The van der Waals surface area contributed by atoms with Gasteiger partial charge in [-0.1, -0.05) is 32.4 Å². The maximum absolute atomic E-state index is 9.80. The van der Waals surface area contributed by atoms with E-state index < -0.39 is 6.10 Å². The first kappa shape index (κ1) is 20.2. The van der Waals surface area contributed by atoms with Gasteiger partial charge in [-0.3, -0.25) is 0 Å². The molecule has 0 spiro atoms. The van der Waals surface area contributed by atoms with Crippen molar-refractivity contribution in [1.29, 1.82) is 0 Å². The van der Waals surface area contributed by atoms with Crippen molar-refractivity contribution in [1.82, 2.24) is 5.32 Å². The van der Waals surface area contributed by atoms with E-state index in [0.717, 1.165) is 23.8 Å². The number of benzene rings is 1. The van der Waals surface area contributed by atoms with Crippen LogP contribution in [0, 0.1) is 5.92 Å². The Morgan fingerprint density at radius 2 is 1.91 bits per heavy atom. The second-order valence-electron chi connectivity index (χ2n) is 6.48. The van der Waals surface area contributed by atoms with E-state index in [-0.39, 0.29) is 12.4 Å². The van der Waals surface area contributed by atoms with Gasteiger partial charge in [0, 0.05) is 19.2 Å². The highest BCUT2D eigenvalue weighted by Gasteiger charge is 2.17. The van der Waals surface area contributed by atoms with Crippen LogP contribution in [0.1, 0.15) is 38.7 Å². The molecule has 1 unspecified atom stereocenters. The van der Waals surface area contributed by atoms with E-state index in [1.54, 1.807) is 0 Å². The zero-order chi connectivity index (χ0) is 15.8.